The maximum Gasteiger partial charge on any atom is 0.0624 e. The number of benzene rings is 2. The first-order valence-electron chi connectivity index (χ1n) is 7.26. The fraction of sp³-hybridized carbons (Fsp3) is 0.333. The molecule has 0 bridgehead atoms. The van der Waals surface area contributed by atoms with Crippen molar-refractivity contribution in [3.63, 3.8) is 0 Å². The van der Waals surface area contributed by atoms with Gasteiger partial charge >= 0.3 is 0 Å². The summed E-state index contributed by atoms with van der Waals surface area (Å²) in [7, 11) is 1.99. The Morgan fingerprint density at radius 1 is 1.00 bits per heavy atom. The average molecular weight is 322 g/mol. The van der Waals surface area contributed by atoms with Gasteiger partial charge < -0.3 is 5.32 Å². The zero-order valence-electron chi connectivity index (χ0n) is 12.5. The van der Waals surface area contributed by atoms with Crippen LogP contribution in [0.25, 0.3) is 0 Å². The fourth-order valence-corrected chi connectivity index (χ4v) is 3.29. The summed E-state index contributed by atoms with van der Waals surface area (Å²) in [6.07, 6.45) is 1.90. The van der Waals surface area contributed by atoms with Crippen LogP contribution < -0.4 is 5.32 Å². The molecule has 2 aromatic carbocycles. The standard InChI is InChI=1S/C18H21Cl2N/c1-3-18(13-21-2,15-9-5-4-6-10-15)12-14-8-7-11-16(19)17(14)20/h4-11,21H,3,12-13H2,1-2H3. The third-order valence-electron chi connectivity index (χ3n) is 4.14. The largest absolute Gasteiger partial charge is 0.319 e. The highest BCUT2D eigenvalue weighted by Gasteiger charge is 2.30. The second kappa shape index (κ2) is 7.31. The Hall–Kier alpha value is -1.02. The highest BCUT2D eigenvalue weighted by Crippen LogP contribution is 2.35. The molecule has 3 heteroatoms. The van der Waals surface area contributed by atoms with Crippen LogP contribution in [0.3, 0.4) is 0 Å². The maximum absolute atomic E-state index is 6.39. The molecule has 0 aliphatic carbocycles. The van der Waals surface area contributed by atoms with Gasteiger partial charge in [0.1, 0.15) is 0 Å². The molecule has 0 saturated heterocycles. The van der Waals surface area contributed by atoms with Crippen molar-refractivity contribution in [1.29, 1.82) is 0 Å². The molecule has 0 radical (unpaired) electrons. The number of rotatable bonds is 6. The van der Waals surface area contributed by atoms with Crippen LogP contribution in [0.15, 0.2) is 48.5 Å². The minimum Gasteiger partial charge on any atom is -0.319 e. The van der Waals surface area contributed by atoms with Crippen LogP contribution in [0, 0.1) is 0 Å². The molecule has 112 valence electrons. The lowest BCUT2D eigenvalue weighted by molar-refractivity contribution is 0.391. The third-order valence-corrected chi connectivity index (χ3v) is 5.00. The van der Waals surface area contributed by atoms with Gasteiger partial charge in [-0.2, -0.15) is 0 Å². The van der Waals surface area contributed by atoms with Gasteiger partial charge in [-0.05, 0) is 37.1 Å². The quantitative estimate of drug-likeness (QED) is 0.780. The van der Waals surface area contributed by atoms with Crippen LogP contribution in [0.4, 0.5) is 0 Å². The molecule has 1 nitrogen and oxygen atoms in total. The highest BCUT2D eigenvalue weighted by atomic mass is 35.5. The van der Waals surface area contributed by atoms with E-state index in [9.17, 15) is 0 Å². The van der Waals surface area contributed by atoms with Gasteiger partial charge in [-0.25, -0.2) is 0 Å². The van der Waals surface area contributed by atoms with Crippen molar-refractivity contribution < 1.29 is 0 Å². The summed E-state index contributed by atoms with van der Waals surface area (Å²) < 4.78 is 0. The number of hydrogen-bond acceptors (Lipinski definition) is 1. The van der Waals surface area contributed by atoms with E-state index in [4.69, 9.17) is 23.2 Å². The zero-order valence-corrected chi connectivity index (χ0v) is 14.0. The van der Waals surface area contributed by atoms with Gasteiger partial charge in [0.15, 0.2) is 0 Å². The molecule has 2 aromatic rings. The van der Waals surface area contributed by atoms with E-state index in [0.29, 0.717) is 10.0 Å². The molecule has 1 atom stereocenters. The van der Waals surface area contributed by atoms with E-state index >= 15 is 0 Å². The Morgan fingerprint density at radius 3 is 2.33 bits per heavy atom. The summed E-state index contributed by atoms with van der Waals surface area (Å²) in [4.78, 5) is 0. The van der Waals surface area contributed by atoms with Crippen LogP contribution in [0.5, 0.6) is 0 Å². The SMILES string of the molecule is CCC(CNC)(Cc1cccc(Cl)c1Cl)c1ccccc1. The molecule has 21 heavy (non-hydrogen) atoms. The Bertz CT molecular complexity index is 583. The normalized spacial score (nSPS) is 13.9. The number of nitrogens with one attached hydrogen (secondary N) is 1. The number of likely N-dealkylation sites (N-methyl/N-ethyl adjacent to an activating group) is 1. The van der Waals surface area contributed by atoms with Crippen LogP contribution >= 0.6 is 23.2 Å². The molecule has 0 aromatic heterocycles. The first-order valence-corrected chi connectivity index (χ1v) is 8.01. The third kappa shape index (κ3) is 3.60. The lowest BCUT2D eigenvalue weighted by atomic mass is 9.73. The topological polar surface area (TPSA) is 12.0 Å². The molecule has 0 saturated carbocycles. The van der Waals surface area contributed by atoms with Gasteiger partial charge in [-0.1, -0.05) is 72.6 Å². The molecule has 0 aliphatic rings. The summed E-state index contributed by atoms with van der Waals surface area (Å²) in [6.45, 7) is 3.12. The van der Waals surface area contributed by atoms with E-state index in [0.717, 1.165) is 24.9 Å². The molecule has 2 rings (SSSR count). The van der Waals surface area contributed by atoms with Gasteiger partial charge in [0, 0.05) is 12.0 Å². The Balaban J connectivity index is 2.43. The van der Waals surface area contributed by atoms with Crippen molar-refractivity contribution in [2.75, 3.05) is 13.6 Å². The molecule has 1 unspecified atom stereocenters. The summed E-state index contributed by atoms with van der Waals surface area (Å²) in [5, 5.41) is 4.63. The van der Waals surface area contributed by atoms with E-state index in [1.807, 2.05) is 19.2 Å². The molecule has 1 N–H and O–H groups in total. The highest BCUT2D eigenvalue weighted by molar-refractivity contribution is 6.42. The molecule has 0 heterocycles. The molecular weight excluding hydrogens is 301 g/mol. The van der Waals surface area contributed by atoms with E-state index in [-0.39, 0.29) is 5.41 Å². The smallest absolute Gasteiger partial charge is 0.0624 e. The molecule has 0 spiro atoms. The van der Waals surface area contributed by atoms with E-state index in [1.165, 1.54) is 5.56 Å². The van der Waals surface area contributed by atoms with Crippen LogP contribution in [-0.2, 0) is 11.8 Å². The fourth-order valence-electron chi connectivity index (χ4n) is 2.90. The van der Waals surface area contributed by atoms with E-state index in [2.05, 4.69) is 48.6 Å². The van der Waals surface area contributed by atoms with Crippen LogP contribution in [0.2, 0.25) is 10.0 Å². The maximum atomic E-state index is 6.39. The second-order valence-electron chi connectivity index (χ2n) is 5.42. The summed E-state index contributed by atoms with van der Waals surface area (Å²) in [5.74, 6) is 0. The summed E-state index contributed by atoms with van der Waals surface area (Å²) >= 11 is 12.6. The molecule has 0 amide bonds. The summed E-state index contributed by atoms with van der Waals surface area (Å²) in [5.41, 5.74) is 2.45. The van der Waals surface area contributed by atoms with Crippen LogP contribution in [0.1, 0.15) is 24.5 Å². The van der Waals surface area contributed by atoms with Gasteiger partial charge in [0.2, 0.25) is 0 Å². The molecule has 0 aliphatic heterocycles. The predicted molar refractivity (Wildman–Crippen MR) is 92.5 cm³/mol. The zero-order chi connectivity index (χ0) is 15.3. The molecule has 0 fully saturated rings. The Labute approximate surface area is 137 Å². The van der Waals surface area contributed by atoms with Gasteiger partial charge in [0.05, 0.1) is 10.0 Å². The minimum atomic E-state index is 0.0182. The first-order chi connectivity index (χ1) is 10.1. The monoisotopic (exact) mass is 321 g/mol. The van der Waals surface area contributed by atoms with Crippen molar-refractivity contribution in [3.05, 3.63) is 69.7 Å². The second-order valence-corrected chi connectivity index (χ2v) is 6.21. The predicted octanol–water partition coefficient (Wildman–Crippen LogP) is 5.10. The lowest BCUT2D eigenvalue weighted by Crippen LogP contribution is -2.38. The van der Waals surface area contributed by atoms with Gasteiger partial charge in [-0.15, -0.1) is 0 Å². The average Bonchev–Trinajstić information content (AvgIpc) is 2.52. The summed E-state index contributed by atoms with van der Waals surface area (Å²) in [6, 6.07) is 16.5. The van der Waals surface area contributed by atoms with Gasteiger partial charge in [0.25, 0.3) is 0 Å². The van der Waals surface area contributed by atoms with E-state index < -0.39 is 0 Å². The number of halogens is 2. The van der Waals surface area contributed by atoms with Gasteiger partial charge in [-0.3, -0.25) is 0 Å². The van der Waals surface area contributed by atoms with Crippen molar-refractivity contribution in [2.24, 2.45) is 0 Å². The molecular formula is C18H21Cl2N. The number of hydrogen-bond donors (Lipinski definition) is 1. The van der Waals surface area contributed by atoms with Crippen molar-refractivity contribution >= 4 is 23.2 Å². The minimum absolute atomic E-state index is 0.0182. The Kier molecular flexibility index (Phi) is 5.69. The lowest BCUT2D eigenvalue weighted by Gasteiger charge is -2.34. The Morgan fingerprint density at radius 2 is 1.71 bits per heavy atom. The van der Waals surface area contributed by atoms with Crippen molar-refractivity contribution in [2.45, 2.75) is 25.2 Å². The first kappa shape index (κ1) is 16.4. The van der Waals surface area contributed by atoms with E-state index in [1.54, 1.807) is 0 Å². The van der Waals surface area contributed by atoms with Crippen molar-refractivity contribution in [1.82, 2.24) is 5.32 Å². The van der Waals surface area contributed by atoms with Crippen LogP contribution in [-0.4, -0.2) is 13.6 Å². The van der Waals surface area contributed by atoms with Crippen molar-refractivity contribution in [3.8, 4) is 0 Å².